The molecule has 16 heteroatoms. The highest BCUT2D eigenvalue weighted by molar-refractivity contribution is 7.14. The lowest BCUT2D eigenvalue weighted by molar-refractivity contribution is -0.137. The zero-order chi connectivity index (χ0) is 25.0. The first kappa shape index (κ1) is 24.4. The van der Waals surface area contributed by atoms with Crippen molar-refractivity contribution in [2.24, 2.45) is 0 Å². The molecule has 180 valence electrons. The SMILES string of the molecule is O=C(NCc1ncc(C(=O)Nc2cc(C(F)(F)F)c(Cl)cn2)s1)c1cc(Nc2nccs2)ncn1. The largest absolute Gasteiger partial charge is 0.418 e. The molecule has 0 aliphatic carbocycles. The van der Waals surface area contributed by atoms with Gasteiger partial charge in [-0.25, -0.2) is 24.9 Å². The second-order valence-electron chi connectivity index (χ2n) is 6.55. The number of pyridine rings is 1. The summed E-state index contributed by atoms with van der Waals surface area (Å²) >= 11 is 7.85. The Morgan fingerprint density at radius 2 is 1.83 bits per heavy atom. The third-order valence-electron chi connectivity index (χ3n) is 4.15. The molecule has 0 spiro atoms. The van der Waals surface area contributed by atoms with Crippen molar-refractivity contribution in [2.75, 3.05) is 10.6 Å². The van der Waals surface area contributed by atoms with E-state index < -0.39 is 28.6 Å². The van der Waals surface area contributed by atoms with Gasteiger partial charge in [-0.1, -0.05) is 11.6 Å². The standard InChI is InChI=1S/C19H12ClF3N8O2S2/c20-10-5-25-13(3-9(10)19(21,22)23)30-17(33)12-6-26-15(35-12)7-27-16(32)11-4-14(29-8-28-11)31-18-24-1-2-34-18/h1-6,8H,7H2,(H,27,32)(H,25,30,33)(H,24,28,29,31). The Kier molecular flexibility index (Phi) is 7.18. The first-order valence-corrected chi connectivity index (χ1v) is 11.5. The lowest BCUT2D eigenvalue weighted by Crippen LogP contribution is -2.24. The van der Waals surface area contributed by atoms with E-state index in [0.29, 0.717) is 22.0 Å². The van der Waals surface area contributed by atoms with Crippen molar-refractivity contribution in [3.8, 4) is 0 Å². The second kappa shape index (κ2) is 10.3. The average molecular weight is 541 g/mol. The molecule has 0 unspecified atom stereocenters. The van der Waals surface area contributed by atoms with Crippen LogP contribution in [0.15, 0.2) is 42.4 Å². The molecule has 0 saturated carbocycles. The predicted octanol–water partition coefficient (Wildman–Crippen LogP) is 4.38. The fraction of sp³-hybridized carbons (Fsp3) is 0.105. The van der Waals surface area contributed by atoms with E-state index in [1.807, 2.05) is 0 Å². The zero-order valence-electron chi connectivity index (χ0n) is 17.1. The number of aromatic nitrogens is 5. The van der Waals surface area contributed by atoms with Gasteiger partial charge in [0.15, 0.2) is 5.13 Å². The monoisotopic (exact) mass is 540 g/mol. The number of hydrogen-bond acceptors (Lipinski definition) is 10. The number of anilines is 3. The molecule has 4 heterocycles. The normalized spacial score (nSPS) is 11.2. The third-order valence-corrected chi connectivity index (χ3v) is 6.13. The maximum atomic E-state index is 13.0. The quantitative estimate of drug-likeness (QED) is 0.314. The Morgan fingerprint density at radius 3 is 2.57 bits per heavy atom. The van der Waals surface area contributed by atoms with Crippen molar-refractivity contribution in [1.82, 2.24) is 30.2 Å². The highest BCUT2D eigenvalue weighted by Crippen LogP contribution is 2.35. The molecule has 0 aromatic carbocycles. The molecule has 35 heavy (non-hydrogen) atoms. The molecule has 0 saturated heterocycles. The van der Waals surface area contributed by atoms with Crippen molar-refractivity contribution in [3.05, 3.63) is 68.6 Å². The molecule has 0 aliphatic heterocycles. The zero-order valence-corrected chi connectivity index (χ0v) is 19.5. The maximum Gasteiger partial charge on any atom is 0.418 e. The fourth-order valence-corrected chi connectivity index (χ4v) is 4.09. The Hall–Kier alpha value is -3.69. The average Bonchev–Trinajstić information content (AvgIpc) is 3.50. The van der Waals surface area contributed by atoms with E-state index in [0.717, 1.165) is 17.5 Å². The van der Waals surface area contributed by atoms with Crippen molar-refractivity contribution < 1.29 is 22.8 Å². The van der Waals surface area contributed by atoms with Crippen LogP contribution in [0.4, 0.5) is 29.9 Å². The van der Waals surface area contributed by atoms with Gasteiger partial charge in [0.1, 0.15) is 33.5 Å². The van der Waals surface area contributed by atoms with Crippen molar-refractivity contribution in [3.63, 3.8) is 0 Å². The number of hydrogen-bond donors (Lipinski definition) is 3. The minimum atomic E-state index is -4.70. The van der Waals surface area contributed by atoms with Crippen LogP contribution in [0.25, 0.3) is 0 Å². The number of nitrogens with one attached hydrogen (secondary N) is 3. The fourth-order valence-electron chi connectivity index (χ4n) is 2.59. The molecule has 4 aromatic rings. The van der Waals surface area contributed by atoms with E-state index in [2.05, 4.69) is 40.9 Å². The lowest BCUT2D eigenvalue weighted by Gasteiger charge is -2.10. The van der Waals surface area contributed by atoms with E-state index in [1.54, 1.807) is 11.6 Å². The summed E-state index contributed by atoms with van der Waals surface area (Å²) in [4.78, 5) is 44.7. The van der Waals surface area contributed by atoms with Gasteiger partial charge in [0.2, 0.25) is 0 Å². The maximum absolute atomic E-state index is 13.0. The minimum absolute atomic E-state index is 0.00651. The van der Waals surface area contributed by atoms with Gasteiger partial charge in [0.05, 0.1) is 23.3 Å². The van der Waals surface area contributed by atoms with Crippen LogP contribution >= 0.6 is 34.3 Å². The molecule has 4 aromatic heterocycles. The van der Waals surface area contributed by atoms with Crippen molar-refractivity contribution >= 4 is 62.9 Å². The molecule has 10 nitrogen and oxygen atoms in total. The summed E-state index contributed by atoms with van der Waals surface area (Å²) < 4.78 is 39.0. The first-order chi connectivity index (χ1) is 16.7. The lowest BCUT2D eigenvalue weighted by atomic mass is 10.2. The van der Waals surface area contributed by atoms with Crippen LogP contribution in [-0.2, 0) is 12.7 Å². The topological polar surface area (TPSA) is 135 Å². The Morgan fingerprint density at radius 1 is 1.00 bits per heavy atom. The number of alkyl halides is 3. The van der Waals surface area contributed by atoms with E-state index >= 15 is 0 Å². The van der Waals surface area contributed by atoms with Gasteiger partial charge in [-0.3, -0.25) is 9.59 Å². The summed E-state index contributed by atoms with van der Waals surface area (Å²) in [6.45, 7) is -0.00651. The second-order valence-corrected chi connectivity index (χ2v) is 8.97. The Bertz CT molecular complexity index is 1360. The van der Waals surface area contributed by atoms with Crippen LogP contribution < -0.4 is 16.0 Å². The van der Waals surface area contributed by atoms with Crippen LogP contribution in [0.2, 0.25) is 5.02 Å². The highest BCUT2D eigenvalue weighted by Gasteiger charge is 2.34. The van der Waals surface area contributed by atoms with Gasteiger partial charge < -0.3 is 16.0 Å². The van der Waals surface area contributed by atoms with Gasteiger partial charge in [-0.05, 0) is 6.07 Å². The van der Waals surface area contributed by atoms with Gasteiger partial charge in [-0.2, -0.15) is 13.2 Å². The number of carbonyl (C=O) groups is 2. The summed E-state index contributed by atoms with van der Waals surface area (Å²) in [6.07, 6.45) is 0.194. The number of thiazole rings is 2. The van der Waals surface area contributed by atoms with Crippen molar-refractivity contribution in [1.29, 1.82) is 0 Å². The summed E-state index contributed by atoms with van der Waals surface area (Å²) in [5.41, 5.74) is -1.02. The van der Waals surface area contributed by atoms with Crippen LogP contribution in [0.1, 0.15) is 30.7 Å². The number of halogens is 4. The number of amides is 2. The van der Waals surface area contributed by atoms with Gasteiger partial charge in [0, 0.05) is 23.8 Å². The smallest absolute Gasteiger partial charge is 0.344 e. The van der Waals surface area contributed by atoms with Crippen LogP contribution in [0.3, 0.4) is 0 Å². The Labute approximate surface area is 207 Å². The molecular weight excluding hydrogens is 529 g/mol. The van der Waals surface area contributed by atoms with Gasteiger partial charge >= 0.3 is 6.18 Å². The molecular formula is C19H12ClF3N8O2S2. The van der Waals surface area contributed by atoms with Crippen LogP contribution in [0, 0.1) is 0 Å². The summed E-state index contributed by atoms with van der Waals surface area (Å²) in [6, 6.07) is 2.09. The summed E-state index contributed by atoms with van der Waals surface area (Å²) in [5.74, 6) is -1.14. The molecule has 0 aliphatic rings. The van der Waals surface area contributed by atoms with Gasteiger partial charge in [-0.15, -0.1) is 22.7 Å². The number of rotatable bonds is 7. The van der Waals surface area contributed by atoms with E-state index in [4.69, 9.17) is 11.6 Å². The summed E-state index contributed by atoms with van der Waals surface area (Å²) in [5, 5.41) is 10.0. The highest BCUT2D eigenvalue weighted by atomic mass is 35.5. The number of carbonyl (C=O) groups excluding carboxylic acids is 2. The molecule has 0 bridgehead atoms. The predicted molar refractivity (Wildman–Crippen MR) is 123 cm³/mol. The molecule has 3 N–H and O–H groups in total. The molecule has 0 radical (unpaired) electrons. The molecule has 4 rings (SSSR count). The van der Waals surface area contributed by atoms with E-state index in [-0.39, 0.29) is 22.9 Å². The van der Waals surface area contributed by atoms with Gasteiger partial charge in [0.25, 0.3) is 11.8 Å². The first-order valence-electron chi connectivity index (χ1n) is 9.44. The molecule has 2 amide bonds. The molecule has 0 fully saturated rings. The van der Waals surface area contributed by atoms with Crippen LogP contribution in [-0.4, -0.2) is 36.7 Å². The van der Waals surface area contributed by atoms with Crippen molar-refractivity contribution in [2.45, 2.75) is 12.7 Å². The minimum Gasteiger partial charge on any atom is -0.344 e. The Balaban J connectivity index is 1.35. The summed E-state index contributed by atoms with van der Waals surface area (Å²) in [7, 11) is 0. The van der Waals surface area contributed by atoms with E-state index in [1.165, 1.54) is 29.9 Å². The van der Waals surface area contributed by atoms with E-state index in [9.17, 15) is 22.8 Å². The molecule has 0 atom stereocenters. The third kappa shape index (κ3) is 6.26. The number of nitrogens with zero attached hydrogens (tertiary/aromatic N) is 5. The van der Waals surface area contributed by atoms with Crippen LogP contribution in [0.5, 0.6) is 0 Å².